The lowest BCUT2D eigenvalue weighted by Crippen LogP contribution is -2.71. The van der Waals surface area contributed by atoms with E-state index in [0.717, 1.165) is 25.0 Å². The van der Waals surface area contributed by atoms with Gasteiger partial charge in [-0.2, -0.15) is 10.1 Å². The zero-order valence-electron chi connectivity index (χ0n) is 23.7. The maximum atomic E-state index is 15.7. The van der Waals surface area contributed by atoms with Crippen molar-refractivity contribution in [1.82, 2.24) is 25.1 Å². The normalized spacial score (nSPS) is 28.1. The Balaban J connectivity index is 1.23. The van der Waals surface area contributed by atoms with Crippen LogP contribution in [0.4, 0.5) is 22.0 Å². The largest absolute Gasteiger partial charge is 0.459 e. The van der Waals surface area contributed by atoms with Crippen LogP contribution in [0.25, 0.3) is 0 Å². The third kappa shape index (κ3) is 4.97. The molecule has 224 valence electrons. The number of ether oxygens (including phenoxy) is 2. The summed E-state index contributed by atoms with van der Waals surface area (Å²) >= 11 is 0. The number of hydrogen-bond acceptors (Lipinski definition) is 11. The van der Waals surface area contributed by atoms with E-state index in [1.54, 1.807) is 13.0 Å². The molecule has 0 aromatic carbocycles. The van der Waals surface area contributed by atoms with Crippen LogP contribution in [0.5, 0.6) is 0 Å². The zero-order chi connectivity index (χ0) is 28.9. The molecule has 6 heterocycles. The van der Waals surface area contributed by atoms with Gasteiger partial charge < -0.3 is 19.7 Å². The third-order valence-corrected chi connectivity index (χ3v) is 11.9. The summed E-state index contributed by atoms with van der Waals surface area (Å²) in [6.45, 7) is 4.25. The fourth-order valence-corrected chi connectivity index (χ4v) is 9.17. The van der Waals surface area contributed by atoms with Crippen LogP contribution in [0.2, 0.25) is 0 Å². The van der Waals surface area contributed by atoms with Crippen molar-refractivity contribution in [1.29, 1.82) is 0 Å². The van der Waals surface area contributed by atoms with Crippen molar-refractivity contribution in [3.05, 3.63) is 23.3 Å². The molecule has 4 atom stereocenters. The average Bonchev–Trinajstić information content (AvgIpc) is 3.53. The fourth-order valence-electron chi connectivity index (χ4n) is 7.14. The number of aromatic nitrogens is 4. The van der Waals surface area contributed by atoms with Gasteiger partial charge in [0.1, 0.15) is 17.2 Å². The van der Waals surface area contributed by atoms with Crippen molar-refractivity contribution >= 4 is 33.4 Å². The summed E-state index contributed by atoms with van der Waals surface area (Å²) < 4.78 is 52.4. The molecule has 2 aromatic heterocycles. The molecule has 0 bridgehead atoms. The number of piperidine rings is 1. The highest BCUT2D eigenvalue weighted by molar-refractivity contribution is 7.92. The van der Waals surface area contributed by atoms with Crippen molar-refractivity contribution in [3.63, 3.8) is 0 Å². The summed E-state index contributed by atoms with van der Waals surface area (Å²) in [7, 11) is -1.29. The summed E-state index contributed by atoms with van der Waals surface area (Å²) in [4.78, 5) is 25.2. The van der Waals surface area contributed by atoms with E-state index in [0.29, 0.717) is 50.7 Å². The summed E-state index contributed by atoms with van der Waals surface area (Å²) in [5, 5.41) is 9.90. The second-order valence-corrected chi connectivity index (χ2v) is 14.3. The first-order chi connectivity index (χ1) is 19.6. The quantitative estimate of drug-likeness (QED) is 0.416. The Hall–Kier alpha value is -2.84. The lowest BCUT2D eigenvalue weighted by Gasteiger charge is -2.59. The molecular weight excluding hydrogens is 553 g/mol. The molecule has 6 rings (SSSR count). The van der Waals surface area contributed by atoms with E-state index in [1.807, 2.05) is 18.9 Å². The first kappa shape index (κ1) is 28.3. The minimum atomic E-state index is -3.18. The van der Waals surface area contributed by atoms with Gasteiger partial charge in [-0.1, -0.05) is 6.92 Å². The van der Waals surface area contributed by atoms with Gasteiger partial charge in [-0.15, -0.1) is 0 Å². The number of esters is 1. The molecule has 4 aliphatic heterocycles. The molecule has 41 heavy (non-hydrogen) atoms. The van der Waals surface area contributed by atoms with E-state index in [-0.39, 0.29) is 53.9 Å². The molecule has 0 spiro atoms. The highest BCUT2D eigenvalue weighted by Gasteiger charge is 2.66. The van der Waals surface area contributed by atoms with Crippen LogP contribution in [0.1, 0.15) is 63.3 Å². The Morgan fingerprint density at radius 1 is 1.27 bits per heavy atom. The van der Waals surface area contributed by atoms with E-state index >= 15 is 4.39 Å². The number of aromatic amines is 1. The maximum Gasteiger partial charge on any atom is 0.309 e. The molecule has 0 radical (unpaired) electrons. The second-order valence-electron chi connectivity index (χ2n) is 11.7. The number of sulfone groups is 1. The van der Waals surface area contributed by atoms with Gasteiger partial charge in [0.05, 0.1) is 5.92 Å². The Bertz CT molecular complexity index is 1410. The van der Waals surface area contributed by atoms with Gasteiger partial charge >= 0.3 is 5.97 Å². The Morgan fingerprint density at radius 2 is 2.02 bits per heavy atom. The molecular formula is C27H38FN7O5S. The Morgan fingerprint density at radius 3 is 2.73 bits per heavy atom. The van der Waals surface area contributed by atoms with Gasteiger partial charge in [0.2, 0.25) is 5.95 Å². The maximum absolute atomic E-state index is 15.7. The zero-order valence-corrected chi connectivity index (χ0v) is 24.5. The van der Waals surface area contributed by atoms with Crippen molar-refractivity contribution in [3.8, 4) is 0 Å². The first-order valence-corrected chi connectivity index (χ1v) is 16.1. The molecule has 1 unspecified atom stereocenters. The van der Waals surface area contributed by atoms with Crippen LogP contribution < -0.4 is 10.2 Å². The highest BCUT2D eigenvalue weighted by atomic mass is 32.2. The number of H-pyrrole nitrogens is 1. The van der Waals surface area contributed by atoms with Crippen LogP contribution >= 0.6 is 0 Å². The van der Waals surface area contributed by atoms with Crippen LogP contribution in [-0.2, 0) is 30.7 Å². The predicted octanol–water partition coefficient (Wildman–Crippen LogP) is 2.83. The Kier molecular flexibility index (Phi) is 7.43. The number of hydrogen-bond donors (Lipinski definition) is 2. The van der Waals surface area contributed by atoms with Crippen molar-refractivity contribution < 1.29 is 27.1 Å². The number of aryl methyl sites for hydroxylation is 1. The van der Waals surface area contributed by atoms with Gasteiger partial charge in [0.25, 0.3) is 0 Å². The van der Waals surface area contributed by atoms with Gasteiger partial charge in [0, 0.05) is 55.9 Å². The predicted molar refractivity (Wildman–Crippen MR) is 149 cm³/mol. The molecule has 0 aliphatic carbocycles. The van der Waals surface area contributed by atoms with Crippen LogP contribution in [0.3, 0.4) is 0 Å². The van der Waals surface area contributed by atoms with E-state index in [1.165, 1.54) is 0 Å². The molecule has 2 N–H and O–H groups in total. The topological polar surface area (TPSA) is 143 Å². The summed E-state index contributed by atoms with van der Waals surface area (Å²) in [6.07, 6.45) is 4.84. The van der Waals surface area contributed by atoms with E-state index < -0.39 is 20.5 Å². The Labute approximate surface area is 239 Å². The highest BCUT2D eigenvalue weighted by Crippen LogP contribution is 2.56. The first-order valence-electron chi connectivity index (χ1n) is 14.4. The van der Waals surface area contributed by atoms with E-state index in [4.69, 9.17) is 9.47 Å². The molecule has 0 saturated carbocycles. The third-order valence-electron chi connectivity index (χ3n) is 9.36. The minimum absolute atomic E-state index is 0.0213. The smallest absolute Gasteiger partial charge is 0.309 e. The lowest BCUT2D eigenvalue weighted by molar-refractivity contribution is -0.153. The molecule has 4 aliphatic rings. The number of carbonyl (C=O) groups excluding carboxylic acids is 1. The van der Waals surface area contributed by atoms with Gasteiger partial charge in [-0.25, -0.2) is 17.8 Å². The van der Waals surface area contributed by atoms with Crippen molar-refractivity contribution in [2.45, 2.75) is 88.4 Å². The number of nitrogens with one attached hydrogen (secondary N) is 2. The van der Waals surface area contributed by atoms with Crippen molar-refractivity contribution in [2.75, 3.05) is 36.2 Å². The summed E-state index contributed by atoms with van der Waals surface area (Å²) in [6, 6.07) is 2.13. The number of rotatable bonds is 9. The van der Waals surface area contributed by atoms with Gasteiger partial charge in [-0.3, -0.25) is 14.8 Å². The standard InChI is InChI=1S/C27H38FN7O5S/c1-4-41(37,38)27-8-5-18-12-19(13-20(14-27)35(18)27)34(3)26-29-21(15-40-25(36)17-6-9-39-10-7-17)23(28)24(31-26)30-22-11-16(2)32-33-22/h11,17-20H,4-10,12-15H2,1-3H3,(H2,29,30,31,32,33)/t18-,19-,20-,27?/m0/s1. The number of nitrogens with zero attached hydrogens (tertiary/aromatic N) is 5. The molecule has 12 nitrogen and oxygen atoms in total. The van der Waals surface area contributed by atoms with Crippen LogP contribution in [0.15, 0.2) is 6.07 Å². The lowest BCUT2D eigenvalue weighted by atomic mass is 9.82. The summed E-state index contributed by atoms with van der Waals surface area (Å²) in [5.41, 5.74) is 0.780. The van der Waals surface area contributed by atoms with Crippen molar-refractivity contribution in [2.24, 2.45) is 5.92 Å². The molecule has 14 heteroatoms. The number of halogens is 1. The fraction of sp³-hybridized carbons (Fsp3) is 0.704. The minimum Gasteiger partial charge on any atom is -0.459 e. The van der Waals surface area contributed by atoms with Crippen LogP contribution in [-0.4, -0.2) is 88.5 Å². The van der Waals surface area contributed by atoms with E-state index in [9.17, 15) is 13.2 Å². The average molecular weight is 592 g/mol. The van der Waals surface area contributed by atoms with E-state index in [2.05, 4.69) is 30.4 Å². The second kappa shape index (κ2) is 10.8. The molecule has 0 amide bonds. The SMILES string of the molecule is CCS(=O)(=O)C12CC[C@H]3C[C@H](N(C)c4nc(COC(=O)C5CCOCC5)c(F)c(Nc5cc(C)[nH]n5)n4)C[C@@H](C1)N32. The van der Waals surface area contributed by atoms with Gasteiger partial charge in [-0.05, 0) is 51.9 Å². The summed E-state index contributed by atoms with van der Waals surface area (Å²) in [5.74, 6) is -0.557. The van der Waals surface area contributed by atoms with Crippen LogP contribution in [0, 0.1) is 18.7 Å². The monoisotopic (exact) mass is 591 g/mol. The number of carbonyl (C=O) groups is 1. The van der Waals surface area contributed by atoms with Gasteiger partial charge in [0.15, 0.2) is 27.3 Å². The number of anilines is 3. The molecule has 4 saturated heterocycles. The molecule has 2 aromatic rings. The molecule has 4 fully saturated rings.